The van der Waals surface area contributed by atoms with Gasteiger partial charge >= 0.3 is 0 Å². The van der Waals surface area contributed by atoms with E-state index in [-0.39, 0.29) is 0 Å². The highest BCUT2D eigenvalue weighted by molar-refractivity contribution is 9.11. The van der Waals surface area contributed by atoms with Crippen LogP contribution in [-0.2, 0) is 0 Å². The molecule has 98 valence electrons. The van der Waals surface area contributed by atoms with E-state index < -0.39 is 0 Å². The van der Waals surface area contributed by atoms with E-state index in [4.69, 9.17) is 0 Å². The third-order valence-electron chi connectivity index (χ3n) is 4.78. The summed E-state index contributed by atoms with van der Waals surface area (Å²) in [5.74, 6) is 2.82. The van der Waals surface area contributed by atoms with Crippen LogP contribution < -0.4 is 5.32 Å². The fourth-order valence-corrected chi connectivity index (χ4v) is 4.89. The number of fused-ring (bicyclic) bond motifs is 1. The lowest BCUT2D eigenvalue weighted by Gasteiger charge is -2.21. The number of rotatable bonds is 3. The van der Waals surface area contributed by atoms with Crippen molar-refractivity contribution in [2.75, 3.05) is 7.05 Å². The quantitative estimate of drug-likeness (QED) is 0.801. The minimum atomic E-state index is 0.506. The van der Waals surface area contributed by atoms with Gasteiger partial charge in [-0.1, -0.05) is 38.3 Å². The van der Waals surface area contributed by atoms with Gasteiger partial charge in [-0.2, -0.15) is 0 Å². The van der Waals surface area contributed by atoms with Gasteiger partial charge in [0.25, 0.3) is 0 Å². The van der Waals surface area contributed by atoms with Crippen LogP contribution in [0.1, 0.15) is 36.4 Å². The Balaban J connectivity index is 1.90. The van der Waals surface area contributed by atoms with E-state index in [0.29, 0.717) is 6.04 Å². The largest absolute Gasteiger partial charge is 0.313 e. The van der Waals surface area contributed by atoms with E-state index in [1.165, 1.54) is 39.3 Å². The second-order valence-corrected chi connectivity index (χ2v) is 7.43. The van der Waals surface area contributed by atoms with Crippen molar-refractivity contribution in [1.82, 2.24) is 5.32 Å². The molecule has 0 spiro atoms. The molecule has 2 aliphatic carbocycles. The molecule has 3 unspecified atom stereocenters. The molecule has 3 heteroatoms. The molecular formula is C15H19Br2N. The lowest BCUT2D eigenvalue weighted by atomic mass is 9.96. The first-order valence-corrected chi connectivity index (χ1v) is 8.35. The highest BCUT2D eigenvalue weighted by Crippen LogP contribution is 2.62. The Bertz CT molecular complexity index is 462. The Kier molecular flexibility index (Phi) is 3.59. The van der Waals surface area contributed by atoms with E-state index in [9.17, 15) is 0 Å². The Morgan fingerprint density at radius 2 is 1.83 bits per heavy atom. The SMILES string of the molecule is CNC(c1cc(Br)c(C)cc1Br)C1C2CCCC21. The summed E-state index contributed by atoms with van der Waals surface area (Å²) in [6.45, 7) is 2.14. The maximum Gasteiger partial charge on any atom is 0.0363 e. The fraction of sp³-hybridized carbons (Fsp3) is 0.600. The summed E-state index contributed by atoms with van der Waals surface area (Å²) in [5, 5.41) is 3.55. The fourth-order valence-electron chi connectivity index (χ4n) is 3.83. The molecule has 0 aromatic heterocycles. The van der Waals surface area contributed by atoms with Gasteiger partial charge in [0, 0.05) is 15.0 Å². The standard InChI is InChI=1S/C15H19Br2N/c1-8-6-13(17)11(7-12(8)16)15(18-2)14-9-4-3-5-10(9)14/h6-7,9-10,14-15,18H,3-5H2,1-2H3. The van der Waals surface area contributed by atoms with Crippen molar-refractivity contribution in [3.63, 3.8) is 0 Å². The van der Waals surface area contributed by atoms with E-state index >= 15 is 0 Å². The molecule has 18 heavy (non-hydrogen) atoms. The molecule has 2 fully saturated rings. The number of benzene rings is 1. The van der Waals surface area contributed by atoms with Crippen LogP contribution in [-0.4, -0.2) is 7.05 Å². The normalized spacial score (nSPS) is 31.2. The van der Waals surface area contributed by atoms with Crippen molar-refractivity contribution in [2.45, 2.75) is 32.2 Å². The number of aryl methyl sites for hydroxylation is 1. The Morgan fingerprint density at radius 1 is 1.17 bits per heavy atom. The summed E-state index contributed by atoms with van der Waals surface area (Å²) in [7, 11) is 2.10. The Morgan fingerprint density at radius 3 is 2.44 bits per heavy atom. The number of halogens is 2. The van der Waals surface area contributed by atoms with Crippen LogP contribution in [0.5, 0.6) is 0 Å². The maximum absolute atomic E-state index is 3.74. The molecule has 2 saturated carbocycles. The highest BCUT2D eigenvalue weighted by atomic mass is 79.9. The summed E-state index contributed by atoms with van der Waals surface area (Å²) in [6.07, 6.45) is 4.33. The number of nitrogens with one attached hydrogen (secondary N) is 1. The first kappa shape index (κ1) is 13.1. The smallest absolute Gasteiger partial charge is 0.0363 e. The summed E-state index contributed by atoms with van der Waals surface area (Å²) in [4.78, 5) is 0. The van der Waals surface area contributed by atoms with Gasteiger partial charge in [0.05, 0.1) is 0 Å². The zero-order valence-electron chi connectivity index (χ0n) is 10.8. The molecule has 1 aromatic carbocycles. The third kappa shape index (κ3) is 2.08. The zero-order chi connectivity index (χ0) is 12.9. The summed E-state index contributed by atoms with van der Waals surface area (Å²) < 4.78 is 2.46. The highest BCUT2D eigenvalue weighted by Gasteiger charge is 2.55. The van der Waals surface area contributed by atoms with Gasteiger partial charge in [0.1, 0.15) is 0 Å². The second-order valence-electron chi connectivity index (χ2n) is 5.73. The van der Waals surface area contributed by atoms with Gasteiger partial charge in [-0.15, -0.1) is 0 Å². The molecule has 0 radical (unpaired) electrons. The number of hydrogen-bond donors (Lipinski definition) is 1. The molecule has 1 aromatic rings. The maximum atomic E-state index is 3.74. The molecule has 1 nitrogen and oxygen atoms in total. The summed E-state index contributed by atoms with van der Waals surface area (Å²) in [5.41, 5.74) is 2.70. The van der Waals surface area contributed by atoms with E-state index in [2.05, 4.69) is 63.3 Å². The van der Waals surface area contributed by atoms with Crippen LogP contribution in [0.2, 0.25) is 0 Å². The molecule has 3 atom stereocenters. The van der Waals surface area contributed by atoms with Crippen molar-refractivity contribution in [3.8, 4) is 0 Å². The van der Waals surface area contributed by atoms with Crippen LogP contribution in [0.15, 0.2) is 21.1 Å². The van der Waals surface area contributed by atoms with Crippen molar-refractivity contribution >= 4 is 31.9 Å². The monoisotopic (exact) mass is 371 g/mol. The van der Waals surface area contributed by atoms with Crippen LogP contribution in [0.3, 0.4) is 0 Å². The summed E-state index contributed by atoms with van der Waals surface area (Å²) >= 11 is 7.40. The number of hydrogen-bond acceptors (Lipinski definition) is 1. The van der Waals surface area contributed by atoms with Gasteiger partial charge in [-0.3, -0.25) is 0 Å². The molecule has 0 bridgehead atoms. The van der Waals surface area contributed by atoms with E-state index in [1.807, 2.05) is 0 Å². The molecular weight excluding hydrogens is 354 g/mol. The topological polar surface area (TPSA) is 12.0 Å². The first-order valence-electron chi connectivity index (χ1n) is 6.76. The zero-order valence-corrected chi connectivity index (χ0v) is 14.0. The van der Waals surface area contributed by atoms with E-state index in [0.717, 1.165) is 17.8 Å². The van der Waals surface area contributed by atoms with Gasteiger partial charge in [0.15, 0.2) is 0 Å². The van der Waals surface area contributed by atoms with Crippen molar-refractivity contribution in [3.05, 3.63) is 32.2 Å². The Hall–Kier alpha value is 0.140. The predicted molar refractivity (Wildman–Crippen MR) is 82.7 cm³/mol. The molecule has 0 aliphatic heterocycles. The molecule has 0 saturated heterocycles. The predicted octanol–water partition coefficient (Wildman–Crippen LogP) is 4.83. The van der Waals surface area contributed by atoms with Crippen molar-refractivity contribution in [1.29, 1.82) is 0 Å². The molecule has 0 heterocycles. The van der Waals surface area contributed by atoms with Gasteiger partial charge < -0.3 is 5.32 Å². The molecule has 0 amide bonds. The minimum Gasteiger partial charge on any atom is -0.313 e. The Labute approximate surface area is 126 Å². The molecule has 2 aliphatic rings. The molecule has 1 N–H and O–H groups in total. The van der Waals surface area contributed by atoms with Crippen LogP contribution in [0.25, 0.3) is 0 Å². The average molecular weight is 373 g/mol. The van der Waals surface area contributed by atoms with Crippen LogP contribution >= 0.6 is 31.9 Å². The second kappa shape index (κ2) is 4.92. The first-order chi connectivity index (χ1) is 8.63. The van der Waals surface area contributed by atoms with Crippen molar-refractivity contribution < 1.29 is 0 Å². The van der Waals surface area contributed by atoms with Gasteiger partial charge in [-0.25, -0.2) is 0 Å². The average Bonchev–Trinajstić information content (AvgIpc) is 2.81. The lowest BCUT2D eigenvalue weighted by molar-refractivity contribution is 0.443. The van der Waals surface area contributed by atoms with Crippen LogP contribution in [0, 0.1) is 24.7 Å². The van der Waals surface area contributed by atoms with Gasteiger partial charge in [0.2, 0.25) is 0 Å². The third-order valence-corrected chi connectivity index (χ3v) is 6.32. The van der Waals surface area contributed by atoms with E-state index in [1.54, 1.807) is 0 Å². The summed E-state index contributed by atoms with van der Waals surface area (Å²) in [6, 6.07) is 5.02. The van der Waals surface area contributed by atoms with Crippen molar-refractivity contribution in [2.24, 2.45) is 17.8 Å². The van der Waals surface area contributed by atoms with Crippen LogP contribution in [0.4, 0.5) is 0 Å². The van der Waals surface area contributed by atoms with Gasteiger partial charge in [-0.05, 0) is 67.8 Å². The lowest BCUT2D eigenvalue weighted by Crippen LogP contribution is -2.21. The molecule has 3 rings (SSSR count). The minimum absolute atomic E-state index is 0.506.